The van der Waals surface area contributed by atoms with E-state index < -0.39 is 11.8 Å². The molecule has 2 amide bonds. The van der Waals surface area contributed by atoms with Crippen LogP contribution in [0, 0.1) is 13.8 Å². The van der Waals surface area contributed by atoms with E-state index >= 15 is 0 Å². The lowest BCUT2D eigenvalue weighted by atomic mass is 10.1. The van der Waals surface area contributed by atoms with Gasteiger partial charge in [-0.15, -0.1) is 0 Å². The van der Waals surface area contributed by atoms with E-state index in [-0.39, 0.29) is 18.9 Å². The highest BCUT2D eigenvalue weighted by atomic mass is 16.5. The molecule has 9 nitrogen and oxygen atoms in total. The predicted molar refractivity (Wildman–Crippen MR) is 91.1 cm³/mol. The van der Waals surface area contributed by atoms with Gasteiger partial charge in [0.1, 0.15) is 12.2 Å². The van der Waals surface area contributed by atoms with Crippen molar-refractivity contribution < 1.29 is 18.6 Å². The molecule has 9 heteroatoms. The third-order valence-electron chi connectivity index (χ3n) is 3.51. The third-order valence-corrected chi connectivity index (χ3v) is 3.51. The Morgan fingerprint density at radius 1 is 1.08 bits per heavy atom. The van der Waals surface area contributed by atoms with Gasteiger partial charge in [0.15, 0.2) is 5.82 Å². The van der Waals surface area contributed by atoms with Crippen LogP contribution >= 0.6 is 0 Å². The largest absolute Gasteiger partial charge is 0.360 e. The van der Waals surface area contributed by atoms with Gasteiger partial charge in [0.05, 0.1) is 6.54 Å². The molecule has 2 heterocycles. The summed E-state index contributed by atoms with van der Waals surface area (Å²) in [5.74, 6) is 0.638. The van der Waals surface area contributed by atoms with E-state index in [1.165, 1.54) is 0 Å². The van der Waals surface area contributed by atoms with Gasteiger partial charge in [0.2, 0.25) is 23.5 Å². The lowest BCUT2D eigenvalue weighted by Crippen LogP contribution is -2.33. The number of nitrogens with zero attached hydrogens (tertiary/aromatic N) is 3. The zero-order valence-electron chi connectivity index (χ0n) is 14.3. The maximum absolute atomic E-state index is 11.9. The quantitative estimate of drug-likeness (QED) is 0.689. The summed E-state index contributed by atoms with van der Waals surface area (Å²) in [6, 6.07) is 9.18. The summed E-state index contributed by atoms with van der Waals surface area (Å²) in [4.78, 5) is 27.9. The number of nitrogens with one attached hydrogen (secondary N) is 2. The summed E-state index contributed by atoms with van der Waals surface area (Å²) >= 11 is 0. The van der Waals surface area contributed by atoms with Gasteiger partial charge in [-0.1, -0.05) is 34.6 Å². The maximum atomic E-state index is 11.9. The summed E-state index contributed by atoms with van der Waals surface area (Å²) < 4.78 is 9.94. The molecule has 0 aliphatic carbocycles. The molecular formula is C17H17N5O4. The number of hydrogen-bond acceptors (Lipinski definition) is 7. The maximum Gasteiger partial charge on any atom is 0.245 e. The second-order valence-electron chi connectivity index (χ2n) is 5.65. The molecule has 0 bridgehead atoms. The van der Waals surface area contributed by atoms with Crippen LogP contribution in [0.5, 0.6) is 0 Å². The Balaban J connectivity index is 1.51. The Labute approximate surface area is 148 Å². The Bertz CT molecular complexity index is 931. The fourth-order valence-corrected chi connectivity index (χ4v) is 2.25. The number of anilines is 1. The molecule has 0 aliphatic rings. The molecule has 3 aromatic rings. The zero-order chi connectivity index (χ0) is 18.5. The van der Waals surface area contributed by atoms with E-state index in [0.717, 1.165) is 11.1 Å². The van der Waals surface area contributed by atoms with E-state index in [0.29, 0.717) is 17.4 Å². The lowest BCUT2D eigenvalue weighted by molar-refractivity contribution is -0.124. The highest BCUT2D eigenvalue weighted by Crippen LogP contribution is 2.19. The van der Waals surface area contributed by atoms with Crippen LogP contribution in [0.3, 0.4) is 0 Å². The molecule has 26 heavy (non-hydrogen) atoms. The van der Waals surface area contributed by atoms with Crippen LogP contribution < -0.4 is 10.6 Å². The molecule has 2 N–H and O–H groups in total. The standard InChI is InChI=1S/C17H17N5O4/c1-10-5-3-4-6-12(10)17-20-16(26-22-17)8-14(23)18-9-15(24)19-13-7-11(2)25-21-13/h3-7H,8-9H2,1-2H3,(H,18,23)(H,19,21,24). The number of carbonyl (C=O) groups excluding carboxylic acids is 2. The van der Waals surface area contributed by atoms with Crippen molar-refractivity contribution in [2.75, 3.05) is 11.9 Å². The second-order valence-corrected chi connectivity index (χ2v) is 5.65. The normalized spacial score (nSPS) is 10.5. The van der Waals surface area contributed by atoms with Crippen molar-refractivity contribution in [3.05, 3.63) is 47.5 Å². The Morgan fingerprint density at radius 2 is 1.88 bits per heavy atom. The Kier molecular flexibility index (Phi) is 5.07. The SMILES string of the molecule is Cc1cc(NC(=O)CNC(=O)Cc2nc(-c3ccccc3C)no2)no1. The lowest BCUT2D eigenvalue weighted by Gasteiger charge is -2.03. The molecule has 0 atom stereocenters. The third kappa shape index (κ3) is 4.32. The van der Waals surface area contributed by atoms with Crippen LogP contribution in [0.4, 0.5) is 5.82 Å². The van der Waals surface area contributed by atoms with Crippen molar-refractivity contribution in [2.24, 2.45) is 0 Å². The van der Waals surface area contributed by atoms with Gasteiger partial charge in [-0.3, -0.25) is 9.59 Å². The van der Waals surface area contributed by atoms with Gasteiger partial charge in [-0.2, -0.15) is 4.98 Å². The number of aromatic nitrogens is 3. The number of hydrogen-bond donors (Lipinski definition) is 2. The molecule has 0 aliphatic heterocycles. The number of amides is 2. The first-order valence-electron chi connectivity index (χ1n) is 7.89. The predicted octanol–water partition coefficient (Wildman–Crippen LogP) is 1.64. The molecule has 0 spiro atoms. The highest BCUT2D eigenvalue weighted by molar-refractivity contribution is 5.93. The van der Waals surface area contributed by atoms with E-state index in [1.54, 1.807) is 13.0 Å². The Hall–Kier alpha value is -3.49. The second kappa shape index (κ2) is 7.60. The molecule has 0 saturated carbocycles. The van der Waals surface area contributed by atoms with Gasteiger partial charge < -0.3 is 19.7 Å². The molecule has 2 aromatic heterocycles. The minimum Gasteiger partial charge on any atom is -0.360 e. The molecule has 0 saturated heterocycles. The fraction of sp³-hybridized carbons (Fsp3) is 0.235. The van der Waals surface area contributed by atoms with E-state index in [1.807, 2.05) is 31.2 Å². The Morgan fingerprint density at radius 3 is 2.62 bits per heavy atom. The van der Waals surface area contributed by atoms with Gasteiger partial charge in [-0.25, -0.2) is 0 Å². The minimum absolute atomic E-state index is 0.116. The zero-order valence-corrected chi connectivity index (χ0v) is 14.3. The topological polar surface area (TPSA) is 123 Å². The first-order valence-corrected chi connectivity index (χ1v) is 7.89. The fourth-order valence-electron chi connectivity index (χ4n) is 2.25. The van der Waals surface area contributed by atoms with Crippen LogP contribution in [0.1, 0.15) is 17.2 Å². The van der Waals surface area contributed by atoms with Crippen LogP contribution in [0.2, 0.25) is 0 Å². The molecule has 0 unspecified atom stereocenters. The smallest absolute Gasteiger partial charge is 0.245 e. The van der Waals surface area contributed by atoms with Crippen LogP contribution in [-0.2, 0) is 16.0 Å². The summed E-state index contributed by atoms with van der Waals surface area (Å²) in [6.07, 6.45) is -0.116. The van der Waals surface area contributed by atoms with Gasteiger partial charge in [-0.05, 0) is 19.4 Å². The van der Waals surface area contributed by atoms with E-state index in [2.05, 4.69) is 25.9 Å². The van der Waals surface area contributed by atoms with Gasteiger partial charge in [0.25, 0.3) is 0 Å². The van der Waals surface area contributed by atoms with Gasteiger partial charge >= 0.3 is 0 Å². The average Bonchev–Trinajstić information content (AvgIpc) is 3.22. The summed E-state index contributed by atoms with van der Waals surface area (Å²) in [6.45, 7) is 3.44. The average molecular weight is 355 g/mol. The van der Waals surface area contributed by atoms with Crippen molar-refractivity contribution in [3.63, 3.8) is 0 Å². The van der Waals surface area contributed by atoms with Crippen molar-refractivity contribution in [1.29, 1.82) is 0 Å². The van der Waals surface area contributed by atoms with Crippen LogP contribution in [-0.4, -0.2) is 33.7 Å². The molecule has 0 radical (unpaired) electrons. The summed E-state index contributed by atoms with van der Waals surface area (Å²) in [7, 11) is 0. The first kappa shape index (κ1) is 17.3. The van der Waals surface area contributed by atoms with Crippen molar-refractivity contribution in [2.45, 2.75) is 20.3 Å². The first-order chi connectivity index (χ1) is 12.5. The number of aryl methyl sites for hydroxylation is 2. The number of benzene rings is 1. The summed E-state index contributed by atoms with van der Waals surface area (Å²) in [5.41, 5.74) is 1.84. The van der Waals surface area contributed by atoms with E-state index in [4.69, 9.17) is 9.05 Å². The molecule has 1 aromatic carbocycles. The van der Waals surface area contributed by atoms with Crippen molar-refractivity contribution in [1.82, 2.24) is 20.6 Å². The number of rotatable bonds is 6. The summed E-state index contributed by atoms with van der Waals surface area (Å²) in [5, 5.41) is 12.5. The van der Waals surface area contributed by atoms with Crippen molar-refractivity contribution >= 4 is 17.6 Å². The number of carbonyl (C=O) groups is 2. The minimum atomic E-state index is -0.419. The van der Waals surface area contributed by atoms with E-state index in [9.17, 15) is 9.59 Å². The van der Waals surface area contributed by atoms with Crippen LogP contribution in [0.25, 0.3) is 11.4 Å². The molecule has 3 rings (SSSR count). The molecular weight excluding hydrogens is 338 g/mol. The molecule has 0 fully saturated rings. The van der Waals surface area contributed by atoms with Gasteiger partial charge in [0, 0.05) is 11.6 Å². The monoisotopic (exact) mass is 355 g/mol. The highest BCUT2D eigenvalue weighted by Gasteiger charge is 2.14. The van der Waals surface area contributed by atoms with Crippen molar-refractivity contribution in [3.8, 4) is 11.4 Å². The van der Waals surface area contributed by atoms with Crippen LogP contribution in [0.15, 0.2) is 39.4 Å². The molecule has 134 valence electrons.